The highest BCUT2D eigenvalue weighted by Gasteiger charge is 2.38. The molecule has 2 heterocycles. The number of rotatable bonds is 4. The third-order valence-electron chi connectivity index (χ3n) is 4.01. The van der Waals surface area contributed by atoms with E-state index in [0.717, 1.165) is 6.54 Å². The van der Waals surface area contributed by atoms with Gasteiger partial charge in [0, 0.05) is 37.9 Å². The number of pyridine rings is 1. The van der Waals surface area contributed by atoms with Gasteiger partial charge in [0.05, 0.1) is 0 Å². The van der Waals surface area contributed by atoms with Crippen molar-refractivity contribution in [2.45, 2.75) is 31.2 Å². The molecule has 1 saturated heterocycles. The van der Waals surface area contributed by atoms with Crippen LogP contribution in [0.15, 0.2) is 23.2 Å². The van der Waals surface area contributed by atoms with Gasteiger partial charge in [-0.3, -0.25) is 4.90 Å². The molecule has 0 spiro atoms. The molecule has 0 atom stereocenters. The minimum absolute atomic E-state index is 0.175. The molecule has 0 radical (unpaired) electrons. The first-order valence-electron chi connectivity index (χ1n) is 7.19. The summed E-state index contributed by atoms with van der Waals surface area (Å²) in [5.74, 6) is 0.428. The second-order valence-corrected chi connectivity index (χ2v) is 7.86. The fraction of sp³-hybridized carbons (Fsp3) is 0.643. The van der Waals surface area contributed by atoms with Crippen LogP contribution in [-0.4, -0.2) is 61.4 Å². The minimum atomic E-state index is -3.53. The first-order valence-corrected chi connectivity index (χ1v) is 8.63. The zero-order valence-corrected chi connectivity index (χ0v) is 13.9. The summed E-state index contributed by atoms with van der Waals surface area (Å²) in [5, 5.41) is 3.02. The molecule has 0 unspecified atom stereocenters. The molecule has 0 amide bonds. The van der Waals surface area contributed by atoms with E-state index in [1.807, 2.05) is 14.0 Å². The summed E-state index contributed by atoms with van der Waals surface area (Å²) in [4.78, 5) is 6.60. The lowest BCUT2D eigenvalue weighted by Crippen LogP contribution is -2.58. The average molecular weight is 312 g/mol. The molecule has 21 heavy (non-hydrogen) atoms. The Kier molecular flexibility index (Phi) is 4.55. The molecule has 118 valence electrons. The van der Waals surface area contributed by atoms with Gasteiger partial charge < -0.3 is 5.32 Å². The molecule has 0 aromatic carbocycles. The Bertz CT molecular complexity index is 601. The molecule has 1 aromatic heterocycles. The molecule has 6 nitrogen and oxygen atoms in total. The lowest BCUT2D eigenvalue weighted by atomic mass is 10.0. The molecule has 1 fully saturated rings. The third kappa shape index (κ3) is 3.20. The van der Waals surface area contributed by atoms with E-state index in [1.54, 1.807) is 22.6 Å². The zero-order valence-electron chi connectivity index (χ0n) is 13.1. The number of nitrogens with one attached hydrogen (secondary N) is 1. The van der Waals surface area contributed by atoms with Crippen molar-refractivity contribution < 1.29 is 8.42 Å². The summed E-state index contributed by atoms with van der Waals surface area (Å²) in [5.41, 5.74) is -0.175. The van der Waals surface area contributed by atoms with Crippen LogP contribution in [0.4, 0.5) is 5.82 Å². The Morgan fingerprint density at radius 1 is 1.38 bits per heavy atom. The van der Waals surface area contributed by atoms with Crippen molar-refractivity contribution in [1.82, 2.24) is 14.2 Å². The van der Waals surface area contributed by atoms with Crippen LogP contribution < -0.4 is 5.32 Å². The van der Waals surface area contributed by atoms with Crippen LogP contribution in [-0.2, 0) is 10.0 Å². The summed E-state index contributed by atoms with van der Waals surface area (Å²) in [6.07, 6.45) is 1.60. The first-order chi connectivity index (χ1) is 9.79. The fourth-order valence-corrected chi connectivity index (χ4v) is 4.14. The van der Waals surface area contributed by atoms with Gasteiger partial charge in [0.15, 0.2) is 0 Å². The van der Waals surface area contributed by atoms with Crippen LogP contribution in [0.2, 0.25) is 0 Å². The Morgan fingerprint density at radius 2 is 2.10 bits per heavy atom. The van der Waals surface area contributed by atoms with E-state index >= 15 is 0 Å². The molecule has 7 heteroatoms. The molecule has 1 N–H and O–H groups in total. The Hall–Kier alpha value is -1.18. The zero-order chi connectivity index (χ0) is 15.7. The summed E-state index contributed by atoms with van der Waals surface area (Å²) >= 11 is 0. The predicted octanol–water partition coefficient (Wildman–Crippen LogP) is 1.23. The Labute approximate surface area is 127 Å². The molecule has 1 aliphatic rings. The van der Waals surface area contributed by atoms with Gasteiger partial charge in [0.2, 0.25) is 10.0 Å². The average Bonchev–Trinajstić information content (AvgIpc) is 2.42. The van der Waals surface area contributed by atoms with Gasteiger partial charge in [-0.15, -0.1) is 0 Å². The molecular weight excluding hydrogens is 288 g/mol. The quantitative estimate of drug-likeness (QED) is 0.906. The lowest BCUT2D eigenvalue weighted by molar-refractivity contribution is 0.0801. The molecule has 1 aromatic rings. The SMILES string of the molecule is CCNc1ncccc1S(=O)(=O)N1CCN(C)C(C)(C)C1. The van der Waals surface area contributed by atoms with Gasteiger partial charge in [-0.25, -0.2) is 13.4 Å². The number of piperazine rings is 1. The maximum Gasteiger partial charge on any atom is 0.246 e. The van der Waals surface area contributed by atoms with Crippen molar-refractivity contribution in [1.29, 1.82) is 0 Å². The summed E-state index contributed by atoms with van der Waals surface area (Å²) in [7, 11) is -1.50. The van der Waals surface area contributed by atoms with Crippen LogP contribution in [0.3, 0.4) is 0 Å². The topological polar surface area (TPSA) is 65.5 Å². The van der Waals surface area contributed by atoms with E-state index in [1.165, 1.54) is 0 Å². The van der Waals surface area contributed by atoms with Crippen LogP contribution in [0.25, 0.3) is 0 Å². The largest absolute Gasteiger partial charge is 0.369 e. The van der Waals surface area contributed by atoms with Crippen LogP contribution >= 0.6 is 0 Å². The molecule has 0 saturated carbocycles. The number of aromatic nitrogens is 1. The molecular formula is C14H24N4O2S. The second kappa shape index (κ2) is 5.90. The second-order valence-electron chi connectivity index (χ2n) is 5.95. The van der Waals surface area contributed by atoms with Crippen molar-refractivity contribution in [2.24, 2.45) is 0 Å². The van der Waals surface area contributed by atoms with Gasteiger partial charge in [0.1, 0.15) is 10.7 Å². The van der Waals surface area contributed by atoms with E-state index < -0.39 is 10.0 Å². The minimum Gasteiger partial charge on any atom is -0.369 e. The summed E-state index contributed by atoms with van der Waals surface area (Å²) in [6, 6.07) is 3.28. The Morgan fingerprint density at radius 3 is 2.71 bits per heavy atom. The van der Waals surface area contributed by atoms with E-state index in [9.17, 15) is 8.42 Å². The summed E-state index contributed by atoms with van der Waals surface area (Å²) < 4.78 is 27.4. The maximum atomic E-state index is 12.9. The van der Waals surface area contributed by atoms with Crippen molar-refractivity contribution in [2.75, 3.05) is 38.5 Å². The number of hydrogen-bond acceptors (Lipinski definition) is 5. The van der Waals surface area contributed by atoms with E-state index in [0.29, 0.717) is 25.5 Å². The van der Waals surface area contributed by atoms with Crippen molar-refractivity contribution >= 4 is 15.8 Å². The third-order valence-corrected chi connectivity index (χ3v) is 5.89. The van der Waals surface area contributed by atoms with Crippen LogP contribution in [0.1, 0.15) is 20.8 Å². The fourth-order valence-electron chi connectivity index (χ4n) is 2.44. The number of sulfonamides is 1. The maximum absolute atomic E-state index is 12.9. The van der Waals surface area contributed by atoms with Crippen LogP contribution in [0.5, 0.6) is 0 Å². The predicted molar refractivity (Wildman–Crippen MR) is 83.9 cm³/mol. The standard InChI is InChI=1S/C14H24N4O2S/c1-5-15-13-12(7-6-8-16-13)21(19,20)18-10-9-17(4)14(2,3)11-18/h6-8H,5,9-11H2,1-4H3,(H,15,16). The molecule has 0 bridgehead atoms. The smallest absolute Gasteiger partial charge is 0.246 e. The van der Waals surface area contributed by atoms with Gasteiger partial charge in [-0.2, -0.15) is 4.31 Å². The van der Waals surface area contributed by atoms with Gasteiger partial charge in [-0.1, -0.05) is 0 Å². The van der Waals surface area contributed by atoms with Gasteiger partial charge >= 0.3 is 0 Å². The molecule has 0 aliphatic carbocycles. The van der Waals surface area contributed by atoms with Crippen molar-refractivity contribution in [3.8, 4) is 0 Å². The monoisotopic (exact) mass is 312 g/mol. The number of nitrogens with zero attached hydrogens (tertiary/aromatic N) is 3. The highest BCUT2D eigenvalue weighted by molar-refractivity contribution is 7.89. The van der Waals surface area contributed by atoms with Gasteiger partial charge in [0.25, 0.3) is 0 Å². The van der Waals surface area contributed by atoms with Crippen molar-refractivity contribution in [3.63, 3.8) is 0 Å². The highest BCUT2D eigenvalue weighted by atomic mass is 32.2. The van der Waals surface area contributed by atoms with Gasteiger partial charge in [-0.05, 0) is 40.0 Å². The number of likely N-dealkylation sites (N-methyl/N-ethyl adjacent to an activating group) is 1. The van der Waals surface area contributed by atoms with E-state index in [4.69, 9.17) is 0 Å². The normalized spacial score (nSPS) is 20.4. The van der Waals surface area contributed by atoms with Crippen LogP contribution in [0, 0.1) is 0 Å². The lowest BCUT2D eigenvalue weighted by Gasteiger charge is -2.44. The molecule has 1 aliphatic heterocycles. The summed E-state index contributed by atoms with van der Waals surface area (Å²) in [6.45, 7) is 8.38. The Balaban J connectivity index is 2.35. The van der Waals surface area contributed by atoms with E-state index in [-0.39, 0.29) is 10.4 Å². The first kappa shape index (κ1) is 16.2. The number of anilines is 1. The molecule has 2 rings (SSSR count). The van der Waals surface area contributed by atoms with E-state index in [2.05, 4.69) is 29.0 Å². The highest BCUT2D eigenvalue weighted by Crippen LogP contribution is 2.27. The number of hydrogen-bond donors (Lipinski definition) is 1. The van der Waals surface area contributed by atoms with Crippen molar-refractivity contribution in [3.05, 3.63) is 18.3 Å².